The summed E-state index contributed by atoms with van der Waals surface area (Å²) in [6.45, 7) is 15.4. The molecule has 178 valence electrons. The molecule has 0 radical (unpaired) electrons. The van der Waals surface area contributed by atoms with Crippen LogP contribution in [-0.4, -0.2) is 58.3 Å². The van der Waals surface area contributed by atoms with Crippen LogP contribution in [0.3, 0.4) is 0 Å². The molecular weight excluding hydrogens is 412 g/mol. The average Bonchev–Trinajstić information content (AvgIpc) is 2.81. The van der Waals surface area contributed by atoms with Crippen LogP contribution in [0.15, 0.2) is 12.2 Å². The van der Waals surface area contributed by atoms with E-state index in [1.165, 1.54) is 6.92 Å². The molecule has 10 unspecified atom stereocenters. The number of aliphatic hydroxyl groups is 2. The van der Waals surface area contributed by atoms with Gasteiger partial charge in [0.15, 0.2) is 11.6 Å². The first-order valence-corrected chi connectivity index (χ1v) is 11.8. The second kappa shape index (κ2) is 6.44. The van der Waals surface area contributed by atoms with Gasteiger partial charge in [0.2, 0.25) is 0 Å². The zero-order chi connectivity index (χ0) is 23.6. The number of ether oxygens (including phenoxy) is 3. The number of hydrogen-bond acceptors (Lipinski definition) is 7. The monoisotopic (exact) mass is 448 g/mol. The molecule has 32 heavy (non-hydrogen) atoms. The third-order valence-corrected chi connectivity index (χ3v) is 9.87. The number of rotatable bonds is 1. The van der Waals surface area contributed by atoms with Crippen molar-refractivity contribution in [3.8, 4) is 0 Å². The molecule has 5 fully saturated rings. The first-order chi connectivity index (χ1) is 14.7. The van der Waals surface area contributed by atoms with E-state index in [1.807, 2.05) is 20.8 Å². The number of aliphatic hydroxyl groups excluding tert-OH is 2. The van der Waals surface area contributed by atoms with Crippen LogP contribution in [0.1, 0.15) is 60.8 Å². The Morgan fingerprint density at radius 2 is 1.72 bits per heavy atom. The summed E-state index contributed by atoms with van der Waals surface area (Å²) in [5, 5.41) is 22.8. The standard InChI is InChI=1S/C25H36O7/c1-11-19-13(27)8-15-24(7)14(22(3,4)17(10-16(24)28)30-12(2)26)9-18-25(15,20(11)29)21(19)32-23(5,6)31-18/h13-19,21,27-28H,1,8-10H2,2-7H3. The molecule has 7 nitrogen and oxygen atoms in total. The van der Waals surface area contributed by atoms with Gasteiger partial charge in [-0.2, -0.15) is 0 Å². The van der Waals surface area contributed by atoms with Crippen molar-refractivity contribution in [2.24, 2.45) is 34.0 Å². The van der Waals surface area contributed by atoms with E-state index in [4.69, 9.17) is 14.2 Å². The number of esters is 1. The minimum Gasteiger partial charge on any atom is -0.462 e. The van der Waals surface area contributed by atoms with Crippen LogP contribution in [-0.2, 0) is 23.8 Å². The van der Waals surface area contributed by atoms with E-state index in [-0.39, 0.29) is 23.6 Å². The number of Topliss-reactive ketones (excluding diaryl/α,β-unsaturated/α-hetero) is 1. The minimum atomic E-state index is -0.965. The highest BCUT2D eigenvalue weighted by Gasteiger charge is 2.80. The van der Waals surface area contributed by atoms with Crippen molar-refractivity contribution in [3.63, 3.8) is 0 Å². The summed E-state index contributed by atoms with van der Waals surface area (Å²) in [4.78, 5) is 25.7. The molecule has 4 aliphatic carbocycles. The maximum atomic E-state index is 13.9. The van der Waals surface area contributed by atoms with Crippen molar-refractivity contribution < 1.29 is 34.0 Å². The molecule has 1 spiro atoms. The normalized spacial score (nSPS) is 52.8. The summed E-state index contributed by atoms with van der Waals surface area (Å²) >= 11 is 0. The summed E-state index contributed by atoms with van der Waals surface area (Å²) in [6, 6.07) is 0. The van der Waals surface area contributed by atoms with Gasteiger partial charge in [-0.15, -0.1) is 0 Å². The van der Waals surface area contributed by atoms with E-state index in [9.17, 15) is 19.8 Å². The number of ketones is 1. The van der Waals surface area contributed by atoms with Gasteiger partial charge in [-0.05, 0) is 44.1 Å². The zero-order valence-corrected chi connectivity index (χ0v) is 19.9. The van der Waals surface area contributed by atoms with E-state index in [0.29, 0.717) is 24.8 Å². The quantitative estimate of drug-likeness (QED) is 0.469. The molecule has 1 aliphatic heterocycles. The highest BCUT2D eigenvalue weighted by Crippen LogP contribution is 2.73. The number of hydrogen-bond donors (Lipinski definition) is 2. The third-order valence-electron chi connectivity index (χ3n) is 9.87. The van der Waals surface area contributed by atoms with Crippen molar-refractivity contribution in [2.45, 2.75) is 97.1 Å². The average molecular weight is 449 g/mol. The van der Waals surface area contributed by atoms with E-state index >= 15 is 0 Å². The Bertz CT molecular complexity index is 893. The Morgan fingerprint density at radius 3 is 2.34 bits per heavy atom. The highest BCUT2D eigenvalue weighted by molar-refractivity contribution is 6.05. The Labute approximate surface area is 189 Å². The molecule has 0 amide bonds. The molecule has 1 heterocycles. The topological polar surface area (TPSA) is 102 Å². The number of carbonyl (C=O) groups excluding carboxylic acids is 2. The van der Waals surface area contributed by atoms with Crippen molar-refractivity contribution in [3.05, 3.63) is 12.2 Å². The van der Waals surface area contributed by atoms with Crippen LogP contribution in [0.25, 0.3) is 0 Å². The van der Waals surface area contributed by atoms with Gasteiger partial charge in [-0.25, -0.2) is 0 Å². The van der Waals surface area contributed by atoms with Gasteiger partial charge in [0.05, 0.1) is 29.8 Å². The molecule has 7 heteroatoms. The first kappa shape index (κ1) is 22.5. The van der Waals surface area contributed by atoms with Crippen molar-refractivity contribution in [1.82, 2.24) is 0 Å². The molecule has 2 bridgehead atoms. The second-order valence-electron chi connectivity index (χ2n) is 12.0. The molecule has 0 aromatic rings. The number of fused-ring (bicyclic) bond motifs is 2. The smallest absolute Gasteiger partial charge is 0.302 e. The van der Waals surface area contributed by atoms with Crippen LogP contribution in [0.2, 0.25) is 0 Å². The number of carbonyl (C=O) groups is 2. The summed E-state index contributed by atoms with van der Waals surface area (Å²) in [6.07, 6.45) is -1.75. The molecule has 5 aliphatic rings. The lowest BCUT2D eigenvalue weighted by atomic mass is 9.38. The molecule has 2 N–H and O–H groups in total. The van der Waals surface area contributed by atoms with E-state index in [0.717, 1.165) is 0 Å². The van der Waals surface area contributed by atoms with Gasteiger partial charge in [0.1, 0.15) is 6.10 Å². The fraction of sp³-hybridized carbons (Fsp3) is 0.840. The van der Waals surface area contributed by atoms with Crippen molar-refractivity contribution in [1.29, 1.82) is 0 Å². The van der Waals surface area contributed by atoms with Crippen LogP contribution in [0.5, 0.6) is 0 Å². The third kappa shape index (κ3) is 2.46. The molecule has 1 saturated heterocycles. The van der Waals surface area contributed by atoms with Crippen LogP contribution >= 0.6 is 0 Å². The highest BCUT2D eigenvalue weighted by atomic mass is 16.7. The molecule has 0 aromatic carbocycles. The predicted octanol–water partition coefficient (Wildman–Crippen LogP) is 2.38. The summed E-state index contributed by atoms with van der Waals surface area (Å²) in [5.74, 6) is -2.25. The summed E-state index contributed by atoms with van der Waals surface area (Å²) < 4.78 is 18.5. The molecule has 0 aromatic heterocycles. The minimum absolute atomic E-state index is 0.0821. The van der Waals surface area contributed by atoms with Gasteiger partial charge in [-0.1, -0.05) is 27.4 Å². The SMILES string of the molecule is C=C1C(=O)C23C4CC5C(C)(C)C(OC(C)=O)CC(O)C5(C)C2CC(O)C1C3OC(C)(C)O4. The van der Waals surface area contributed by atoms with E-state index in [2.05, 4.69) is 20.4 Å². The lowest BCUT2D eigenvalue weighted by Gasteiger charge is -2.70. The van der Waals surface area contributed by atoms with Crippen LogP contribution < -0.4 is 0 Å². The van der Waals surface area contributed by atoms with Gasteiger partial charge in [0, 0.05) is 30.1 Å². The summed E-state index contributed by atoms with van der Waals surface area (Å²) in [5.41, 5.74) is -1.69. The molecule has 4 saturated carbocycles. The lowest BCUT2D eigenvalue weighted by Crippen LogP contribution is -2.76. The molecule has 10 atom stereocenters. The Kier molecular flexibility index (Phi) is 4.53. The van der Waals surface area contributed by atoms with Gasteiger partial charge < -0.3 is 24.4 Å². The zero-order valence-electron chi connectivity index (χ0n) is 19.9. The van der Waals surface area contributed by atoms with E-state index < -0.39 is 58.5 Å². The van der Waals surface area contributed by atoms with Gasteiger partial charge >= 0.3 is 5.97 Å². The largest absolute Gasteiger partial charge is 0.462 e. The van der Waals surface area contributed by atoms with Crippen LogP contribution in [0, 0.1) is 34.0 Å². The lowest BCUT2D eigenvalue weighted by molar-refractivity contribution is -0.392. The van der Waals surface area contributed by atoms with Crippen LogP contribution in [0.4, 0.5) is 0 Å². The Morgan fingerprint density at radius 1 is 1.06 bits per heavy atom. The fourth-order valence-corrected chi connectivity index (χ4v) is 8.59. The maximum Gasteiger partial charge on any atom is 0.302 e. The molecular formula is C25H36O7. The van der Waals surface area contributed by atoms with Crippen molar-refractivity contribution >= 4 is 11.8 Å². The summed E-state index contributed by atoms with van der Waals surface area (Å²) in [7, 11) is 0. The second-order valence-corrected chi connectivity index (χ2v) is 12.0. The van der Waals surface area contributed by atoms with Crippen molar-refractivity contribution in [2.75, 3.05) is 0 Å². The van der Waals surface area contributed by atoms with Gasteiger partial charge in [0.25, 0.3) is 0 Å². The Balaban J connectivity index is 1.69. The first-order valence-electron chi connectivity index (χ1n) is 11.8. The van der Waals surface area contributed by atoms with E-state index in [1.54, 1.807) is 0 Å². The Hall–Kier alpha value is -1.28. The van der Waals surface area contributed by atoms with Gasteiger partial charge in [-0.3, -0.25) is 9.59 Å². The maximum absolute atomic E-state index is 13.9. The molecule has 5 rings (SSSR count). The fourth-order valence-electron chi connectivity index (χ4n) is 8.59. The predicted molar refractivity (Wildman–Crippen MR) is 114 cm³/mol.